The van der Waals surface area contributed by atoms with Crippen LogP contribution in [-0.2, 0) is 17.3 Å². The largest absolute Gasteiger partial charge is 0.481 e. The molecule has 4 nitrogen and oxygen atoms in total. The van der Waals surface area contributed by atoms with Crippen molar-refractivity contribution in [2.24, 2.45) is 7.05 Å². The van der Waals surface area contributed by atoms with Gasteiger partial charge in [-0.1, -0.05) is 0 Å². The molecule has 1 heterocycles. The molecular weight excluding hydrogens is 182 g/mol. The van der Waals surface area contributed by atoms with E-state index in [-0.39, 0.29) is 5.56 Å². The molecule has 1 aromatic heterocycles. The zero-order chi connectivity index (χ0) is 10.3. The number of aryl methyl sites for hydroxylation is 1. The van der Waals surface area contributed by atoms with Crippen molar-refractivity contribution < 1.29 is 9.90 Å². The van der Waals surface area contributed by atoms with Gasteiger partial charge in [0.15, 0.2) is 0 Å². The molecule has 1 aliphatic carbocycles. The van der Waals surface area contributed by atoms with Gasteiger partial charge in [0.1, 0.15) is 0 Å². The van der Waals surface area contributed by atoms with Gasteiger partial charge in [-0.25, -0.2) is 0 Å². The third-order valence-corrected chi connectivity index (χ3v) is 2.82. The number of pyridine rings is 1. The van der Waals surface area contributed by atoms with Crippen LogP contribution in [0.4, 0.5) is 0 Å². The second-order valence-corrected chi connectivity index (χ2v) is 3.75. The molecule has 0 aromatic carbocycles. The van der Waals surface area contributed by atoms with Crippen LogP contribution < -0.4 is 5.56 Å². The molecular formula is C10H11NO3. The van der Waals surface area contributed by atoms with Crippen molar-refractivity contribution in [1.82, 2.24) is 4.57 Å². The van der Waals surface area contributed by atoms with Crippen LogP contribution in [0.2, 0.25) is 0 Å². The minimum Gasteiger partial charge on any atom is -0.481 e. The molecule has 14 heavy (non-hydrogen) atoms. The fourth-order valence-electron chi connectivity index (χ4n) is 1.60. The van der Waals surface area contributed by atoms with Gasteiger partial charge >= 0.3 is 5.97 Å². The summed E-state index contributed by atoms with van der Waals surface area (Å²) in [7, 11) is 1.65. The molecule has 0 unspecified atom stereocenters. The van der Waals surface area contributed by atoms with E-state index in [1.165, 1.54) is 10.6 Å². The van der Waals surface area contributed by atoms with E-state index >= 15 is 0 Å². The monoisotopic (exact) mass is 193 g/mol. The smallest absolute Gasteiger partial charge is 0.314 e. The Morgan fingerprint density at radius 1 is 1.57 bits per heavy atom. The van der Waals surface area contributed by atoms with Crippen molar-refractivity contribution in [2.45, 2.75) is 18.3 Å². The van der Waals surface area contributed by atoms with Crippen LogP contribution in [0.3, 0.4) is 0 Å². The highest BCUT2D eigenvalue weighted by atomic mass is 16.4. The first-order chi connectivity index (χ1) is 6.56. The molecule has 0 bridgehead atoms. The first-order valence-electron chi connectivity index (χ1n) is 4.47. The van der Waals surface area contributed by atoms with E-state index < -0.39 is 11.4 Å². The number of nitrogens with zero attached hydrogens (tertiary/aromatic N) is 1. The fourth-order valence-corrected chi connectivity index (χ4v) is 1.60. The van der Waals surface area contributed by atoms with Gasteiger partial charge in [0.25, 0.3) is 5.56 Å². The van der Waals surface area contributed by atoms with Gasteiger partial charge in [-0.05, 0) is 24.5 Å². The van der Waals surface area contributed by atoms with Crippen molar-refractivity contribution in [3.63, 3.8) is 0 Å². The minimum atomic E-state index is -0.828. The van der Waals surface area contributed by atoms with E-state index in [2.05, 4.69) is 0 Å². The Hall–Kier alpha value is -1.58. The Bertz CT molecular complexity index is 443. The average Bonchev–Trinajstić information content (AvgIpc) is 2.90. The van der Waals surface area contributed by atoms with Crippen molar-refractivity contribution in [3.05, 3.63) is 34.2 Å². The van der Waals surface area contributed by atoms with Crippen molar-refractivity contribution in [3.8, 4) is 0 Å². The van der Waals surface area contributed by atoms with Gasteiger partial charge in [-0.15, -0.1) is 0 Å². The fraction of sp³-hybridized carbons (Fsp3) is 0.400. The number of hydrogen-bond acceptors (Lipinski definition) is 2. The average molecular weight is 193 g/mol. The van der Waals surface area contributed by atoms with E-state index in [0.29, 0.717) is 18.4 Å². The van der Waals surface area contributed by atoms with Gasteiger partial charge in [0.2, 0.25) is 0 Å². The second-order valence-electron chi connectivity index (χ2n) is 3.75. The van der Waals surface area contributed by atoms with E-state index in [1.807, 2.05) is 0 Å². The van der Waals surface area contributed by atoms with Crippen LogP contribution in [0.1, 0.15) is 18.4 Å². The summed E-state index contributed by atoms with van der Waals surface area (Å²) in [5, 5.41) is 9.01. The van der Waals surface area contributed by atoms with E-state index in [1.54, 1.807) is 19.3 Å². The van der Waals surface area contributed by atoms with Crippen LogP contribution in [0.25, 0.3) is 0 Å². The standard InChI is InChI=1S/C10H11NO3/c1-11-5-2-7(6-8(11)12)10(3-4-10)9(13)14/h2,5-6H,3-4H2,1H3,(H,13,14). The number of aliphatic carboxylic acids is 1. The lowest BCUT2D eigenvalue weighted by molar-refractivity contribution is -0.140. The third-order valence-electron chi connectivity index (χ3n) is 2.82. The van der Waals surface area contributed by atoms with Gasteiger partial charge in [-0.2, -0.15) is 0 Å². The van der Waals surface area contributed by atoms with Crippen LogP contribution in [0.5, 0.6) is 0 Å². The number of aromatic nitrogens is 1. The Kier molecular flexibility index (Phi) is 1.74. The van der Waals surface area contributed by atoms with Crippen LogP contribution in [0.15, 0.2) is 23.1 Å². The maximum absolute atomic E-state index is 11.3. The number of carboxylic acids is 1. The van der Waals surface area contributed by atoms with Crippen molar-refractivity contribution >= 4 is 5.97 Å². The molecule has 0 radical (unpaired) electrons. The summed E-state index contributed by atoms with van der Waals surface area (Å²) in [5.41, 5.74) is -0.295. The number of carbonyl (C=O) groups is 1. The molecule has 1 aromatic rings. The minimum absolute atomic E-state index is 0.157. The summed E-state index contributed by atoms with van der Waals surface area (Å²) in [6.07, 6.45) is 2.88. The first kappa shape index (κ1) is 8.99. The molecule has 1 aliphatic rings. The highest BCUT2D eigenvalue weighted by molar-refractivity contribution is 5.84. The highest BCUT2D eigenvalue weighted by Crippen LogP contribution is 2.47. The van der Waals surface area contributed by atoms with Gasteiger partial charge in [0, 0.05) is 19.3 Å². The van der Waals surface area contributed by atoms with Crippen LogP contribution in [-0.4, -0.2) is 15.6 Å². The molecule has 2 rings (SSSR count). The van der Waals surface area contributed by atoms with E-state index in [4.69, 9.17) is 5.11 Å². The normalized spacial score (nSPS) is 17.8. The number of rotatable bonds is 2. The summed E-state index contributed by atoms with van der Waals surface area (Å²) in [5.74, 6) is -0.828. The highest BCUT2D eigenvalue weighted by Gasteiger charge is 2.51. The lowest BCUT2D eigenvalue weighted by atomic mass is 9.97. The molecule has 1 fully saturated rings. The third kappa shape index (κ3) is 1.14. The maximum atomic E-state index is 11.3. The lowest BCUT2D eigenvalue weighted by Gasteiger charge is -2.09. The molecule has 4 heteroatoms. The molecule has 0 saturated heterocycles. The Morgan fingerprint density at radius 3 is 2.64 bits per heavy atom. The summed E-state index contributed by atoms with van der Waals surface area (Å²) in [4.78, 5) is 22.3. The molecule has 0 amide bonds. The summed E-state index contributed by atoms with van der Waals surface area (Å²) < 4.78 is 1.43. The van der Waals surface area contributed by atoms with E-state index in [0.717, 1.165) is 0 Å². The Balaban J connectivity index is 2.48. The van der Waals surface area contributed by atoms with Crippen LogP contribution in [0, 0.1) is 0 Å². The summed E-state index contributed by atoms with van der Waals surface area (Å²) in [6.45, 7) is 0. The Morgan fingerprint density at radius 2 is 2.21 bits per heavy atom. The van der Waals surface area contributed by atoms with Crippen molar-refractivity contribution in [2.75, 3.05) is 0 Å². The molecule has 74 valence electrons. The van der Waals surface area contributed by atoms with Gasteiger partial charge in [-0.3, -0.25) is 9.59 Å². The Labute approximate surface area is 80.8 Å². The molecule has 0 spiro atoms. The maximum Gasteiger partial charge on any atom is 0.314 e. The summed E-state index contributed by atoms with van der Waals surface area (Å²) >= 11 is 0. The quantitative estimate of drug-likeness (QED) is 0.744. The number of carboxylic acid groups (broad SMARTS) is 1. The molecule has 1 saturated carbocycles. The second kappa shape index (κ2) is 2.70. The molecule has 1 N–H and O–H groups in total. The molecule has 0 aliphatic heterocycles. The first-order valence-corrected chi connectivity index (χ1v) is 4.47. The lowest BCUT2D eigenvalue weighted by Crippen LogP contribution is -2.24. The zero-order valence-corrected chi connectivity index (χ0v) is 7.86. The predicted molar refractivity (Wildman–Crippen MR) is 50.2 cm³/mol. The van der Waals surface area contributed by atoms with Gasteiger partial charge < -0.3 is 9.67 Å². The van der Waals surface area contributed by atoms with Gasteiger partial charge in [0.05, 0.1) is 5.41 Å². The number of hydrogen-bond donors (Lipinski definition) is 1. The SMILES string of the molecule is Cn1ccc(C2(C(=O)O)CC2)cc1=O. The predicted octanol–water partition coefficient (Wildman–Crippen LogP) is 0.502. The van der Waals surface area contributed by atoms with Crippen molar-refractivity contribution in [1.29, 1.82) is 0 Å². The zero-order valence-electron chi connectivity index (χ0n) is 7.86. The summed E-state index contributed by atoms with van der Waals surface area (Å²) in [6, 6.07) is 3.13. The molecule has 0 atom stereocenters. The topological polar surface area (TPSA) is 59.3 Å². The van der Waals surface area contributed by atoms with E-state index in [9.17, 15) is 9.59 Å². The van der Waals surface area contributed by atoms with Crippen LogP contribution >= 0.6 is 0 Å².